The Morgan fingerprint density at radius 1 is 0.741 bits per heavy atom. The second-order valence-electron chi connectivity index (χ2n) is 5.39. The molecule has 3 aromatic rings. The summed E-state index contributed by atoms with van der Waals surface area (Å²) >= 11 is 0. The van der Waals surface area contributed by atoms with Crippen LogP contribution in [0.2, 0.25) is 0 Å². The van der Waals surface area contributed by atoms with E-state index < -0.39 is 45.0 Å². The summed E-state index contributed by atoms with van der Waals surface area (Å²) in [7, 11) is -14.7. The summed E-state index contributed by atoms with van der Waals surface area (Å²) in [6.07, 6.45) is 1.21. The Balaban J connectivity index is 2.57. The molecule has 0 saturated heterocycles. The number of fused-ring (bicyclic) bond motifs is 1. The molecule has 0 spiro atoms. The van der Waals surface area contributed by atoms with E-state index >= 15 is 0 Å². The number of furan rings is 1. The minimum atomic E-state index is -4.96. The lowest BCUT2D eigenvalue weighted by Gasteiger charge is -2.11. The highest BCUT2D eigenvalue weighted by Gasteiger charge is 2.25. The Morgan fingerprint density at radius 3 is 1.85 bits per heavy atom. The van der Waals surface area contributed by atoms with Gasteiger partial charge in [-0.1, -0.05) is 0 Å². The summed E-state index contributed by atoms with van der Waals surface area (Å²) < 4.78 is 103. The molecule has 0 aliphatic carbocycles. The highest BCUT2D eigenvalue weighted by Crippen LogP contribution is 2.36. The number of hydrogen-bond acceptors (Lipinski definition) is 7. The van der Waals surface area contributed by atoms with Crippen molar-refractivity contribution in [3.8, 4) is 11.3 Å². The molecule has 0 unspecified atom stereocenters. The smallest absolute Gasteiger partial charge is 0.295 e. The van der Waals surface area contributed by atoms with Crippen LogP contribution in [-0.2, 0) is 30.4 Å². The van der Waals surface area contributed by atoms with Crippen molar-refractivity contribution in [3.05, 3.63) is 42.7 Å². The van der Waals surface area contributed by atoms with Gasteiger partial charge in [0.15, 0.2) is 0 Å². The fourth-order valence-corrected chi connectivity index (χ4v) is 4.59. The van der Waals surface area contributed by atoms with E-state index in [0.717, 1.165) is 18.2 Å². The van der Waals surface area contributed by atoms with Crippen molar-refractivity contribution in [2.75, 3.05) is 0 Å². The molecule has 13 heteroatoms. The van der Waals surface area contributed by atoms with Crippen LogP contribution in [0.4, 0.5) is 0 Å². The van der Waals surface area contributed by atoms with Gasteiger partial charge >= 0.3 is 0 Å². The number of hydrogen-bond donors (Lipinski definition) is 3. The third-order valence-electron chi connectivity index (χ3n) is 3.63. The maximum atomic E-state index is 11.7. The van der Waals surface area contributed by atoms with Crippen molar-refractivity contribution < 1.29 is 43.3 Å². The van der Waals surface area contributed by atoms with Crippen LogP contribution in [0, 0.1) is 0 Å². The number of benzene rings is 2. The van der Waals surface area contributed by atoms with Gasteiger partial charge in [0.1, 0.15) is 15.6 Å². The zero-order valence-corrected chi connectivity index (χ0v) is 15.4. The van der Waals surface area contributed by atoms with Crippen molar-refractivity contribution in [1.82, 2.24) is 0 Å². The summed E-state index contributed by atoms with van der Waals surface area (Å²) in [6.45, 7) is 0. The molecule has 0 saturated carbocycles. The molecule has 27 heavy (non-hydrogen) atoms. The quantitative estimate of drug-likeness (QED) is 0.513. The van der Waals surface area contributed by atoms with Crippen LogP contribution in [0.3, 0.4) is 0 Å². The van der Waals surface area contributed by atoms with Gasteiger partial charge in [-0.3, -0.25) is 13.7 Å². The molecule has 0 amide bonds. The molecule has 2 aromatic carbocycles. The van der Waals surface area contributed by atoms with Crippen molar-refractivity contribution in [2.45, 2.75) is 14.7 Å². The van der Waals surface area contributed by atoms with Gasteiger partial charge in [0.2, 0.25) is 0 Å². The molecule has 1 aromatic heterocycles. The van der Waals surface area contributed by atoms with Gasteiger partial charge in [-0.15, -0.1) is 0 Å². The first kappa shape index (κ1) is 19.5. The van der Waals surface area contributed by atoms with E-state index in [2.05, 4.69) is 0 Å². The molecule has 3 N–H and O–H groups in total. The van der Waals surface area contributed by atoms with E-state index in [0.29, 0.717) is 6.07 Å². The maximum absolute atomic E-state index is 11.7. The Kier molecular flexibility index (Phi) is 4.41. The predicted molar refractivity (Wildman–Crippen MR) is 91.1 cm³/mol. The molecule has 3 rings (SSSR count). The van der Waals surface area contributed by atoms with Gasteiger partial charge in [0.25, 0.3) is 30.4 Å². The summed E-state index contributed by atoms with van der Waals surface area (Å²) in [6, 6.07) is 5.86. The summed E-state index contributed by atoms with van der Waals surface area (Å²) in [5.74, 6) is -0.0373. The normalized spacial score (nSPS) is 13.1. The zero-order chi connectivity index (χ0) is 20.2. The van der Waals surface area contributed by atoms with Gasteiger partial charge in [-0.25, -0.2) is 0 Å². The Hall–Kier alpha value is -2.29. The molecule has 10 nitrogen and oxygen atoms in total. The molecule has 0 aliphatic rings. The largest absolute Gasteiger partial charge is 0.464 e. The standard InChI is InChI=1S/C14H10O10S3/c15-25(16,17)9-4-8-5-13(26(18,19)20)11(12-2-1-3-24-12)7-10(8)14(6-9)27(21,22)23/h1-7H,(H,15,16,17)(H,18,19,20)(H,21,22,23). The van der Waals surface area contributed by atoms with E-state index in [1.54, 1.807) is 0 Å². The van der Waals surface area contributed by atoms with Crippen LogP contribution >= 0.6 is 0 Å². The van der Waals surface area contributed by atoms with Gasteiger partial charge < -0.3 is 4.42 Å². The fourth-order valence-electron chi connectivity index (χ4n) is 2.53. The first-order valence-corrected chi connectivity index (χ1v) is 11.2. The number of rotatable bonds is 4. The van der Waals surface area contributed by atoms with E-state index in [4.69, 9.17) is 4.42 Å². The lowest BCUT2D eigenvalue weighted by molar-refractivity contribution is 0.480. The molecular weight excluding hydrogens is 424 g/mol. The van der Waals surface area contributed by atoms with Crippen LogP contribution in [0.15, 0.2) is 61.8 Å². The highest BCUT2D eigenvalue weighted by molar-refractivity contribution is 7.87. The average Bonchev–Trinajstić information content (AvgIpc) is 3.04. The predicted octanol–water partition coefficient (Wildman–Crippen LogP) is 1.84. The zero-order valence-electron chi connectivity index (χ0n) is 13.0. The molecule has 0 atom stereocenters. The third kappa shape index (κ3) is 3.73. The molecule has 0 bridgehead atoms. The highest BCUT2D eigenvalue weighted by atomic mass is 32.2. The van der Waals surface area contributed by atoms with Crippen molar-refractivity contribution in [2.24, 2.45) is 0 Å². The summed E-state index contributed by atoms with van der Waals surface area (Å²) in [5.41, 5.74) is -0.223. The lowest BCUT2D eigenvalue weighted by Crippen LogP contribution is -2.06. The molecule has 0 aliphatic heterocycles. The maximum Gasteiger partial charge on any atom is 0.295 e. The molecule has 144 valence electrons. The minimum Gasteiger partial charge on any atom is -0.464 e. The Bertz CT molecular complexity index is 1370. The summed E-state index contributed by atoms with van der Waals surface area (Å²) in [5, 5.41) is -0.551. The molecule has 0 radical (unpaired) electrons. The minimum absolute atomic E-state index is 0.0373. The average molecular weight is 434 g/mol. The van der Waals surface area contributed by atoms with E-state index in [-0.39, 0.29) is 22.1 Å². The first-order valence-electron chi connectivity index (χ1n) is 6.86. The van der Waals surface area contributed by atoms with Crippen LogP contribution in [0.5, 0.6) is 0 Å². The second-order valence-corrected chi connectivity index (χ2v) is 9.59. The van der Waals surface area contributed by atoms with Crippen LogP contribution in [0.1, 0.15) is 0 Å². The van der Waals surface area contributed by atoms with Crippen molar-refractivity contribution in [3.63, 3.8) is 0 Å². The second kappa shape index (κ2) is 6.12. The Morgan fingerprint density at radius 2 is 1.37 bits per heavy atom. The molecule has 1 heterocycles. The lowest BCUT2D eigenvalue weighted by atomic mass is 10.1. The van der Waals surface area contributed by atoms with E-state index in [1.165, 1.54) is 18.4 Å². The van der Waals surface area contributed by atoms with Gasteiger partial charge in [0.05, 0.1) is 11.2 Å². The molecular formula is C14H10O10S3. The molecule has 0 fully saturated rings. The SMILES string of the molecule is O=S(=O)(O)c1cc(S(=O)(=O)O)c2cc(-c3ccco3)c(S(=O)(=O)O)cc2c1. The van der Waals surface area contributed by atoms with Crippen LogP contribution < -0.4 is 0 Å². The monoisotopic (exact) mass is 434 g/mol. The van der Waals surface area contributed by atoms with Gasteiger partial charge in [-0.05, 0) is 41.8 Å². The van der Waals surface area contributed by atoms with Crippen LogP contribution in [0.25, 0.3) is 22.1 Å². The first-order chi connectivity index (χ1) is 12.3. The van der Waals surface area contributed by atoms with Gasteiger partial charge in [0, 0.05) is 10.9 Å². The fraction of sp³-hybridized carbons (Fsp3) is 0. The van der Waals surface area contributed by atoms with E-state index in [1.807, 2.05) is 0 Å². The van der Waals surface area contributed by atoms with Crippen molar-refractivity contribution in [1.29, 1.82) is 0 Å². The third-order valence-corrected chi connectivity index (χ3v) is 6.25. The van der Waals surface area contributed by atoms with Gasteiger partial charge in [-0.2, -0.15) is 25.3 Å². The summed E-state index contributed by atoms with van der Waals surface area (Å²) in [4.78, 5) is -2.48. The topological polar surface area (TPSA) is 176 Å². The Labute approximate surface area is 153 Å². The van der Waals surface area contributed by atoms with Crippen LogP contribution in [-0.4, -0.2) is 38.9 Å². The van der Waals surface area contributed by atoms with Crippen molar-refractivity contribution >= 4 is 41.1 Å². The van der Waals surface area contributed by atoms with E-state index in [9.17, 15) is 38.9 Å².